The first-order valence-electron chi connectivity index (χ1n) is 4.67. The third-order valence-corrected chi connectivity index (χ3v) is 1.71. The van der Waals surface area contributed by atoms with Crippen LogP contribution in [0.25, 0.3) is 0 Å². The largest absolute Gasteiger partial charge is 0.508 e. The second-order valence-corrected chi connectivity index (χ2v) is 3.22. The SMILES string of the molecule is COC.N[C@@H](Cc1ccc(O)cc1)C(=O)O. The van der Waals surface area contributed by atoms with E-state index in [2.05, 4.69) is 4.74 Å². The maximum atomic E-state index is 10.4. The van der Waals surface area contributed by atoms with E-state index in [9.17, 15) is 4.79 Å². The van der Waals surface area contributed by atoms with E-state index in [0.717, 1.165) is 5.56 Å². The van der Waals surface area contributed by atoms with Crippen molar-refractivity contribution >= 4 is 5.97 Å². The Morgan fingerprint density at radius 1 is 1.38 bits per heavy atom. The third-order valence-electron chi connectivity index (χ3n) is 1.71. The van der Waals surface area contributed by atoms with Crippen LogP contribution in [0, 0.1) is 0 Å². The summed E-state index contributed by atoms with van der Waals surface area (Å²) in [5, 5.41) is 17.5. The highest BCUT2D eigenvalue weighted by molar-refractivity contribution is 5.73. The molecule has 0 aromatic heterocycles. The van der Waals surface area contributed by atoms with Crippen LogP contribution in [0.1, 0.15) is 5.56 Å². The Morgan fingerprint density at radius 2 is 1.81 bits per heavy atom. The highest BCUT2D eigenvalue weighted by atomic mass is 16.4. The van der Waals surface area contributed by atoms with Crippen LogP contribution in [-0.2, 0) is 16.0 Å². The summed E-state index contributed by atoms with van der Waals surface area (Å²) in [6, 6.07) is 5.42. The molecule has 1 aromatic rings. The van der Waals surface area contributed by atoms with Crippen LogP contribution in [0.3, 0.4) is 0 Å². The van der Waals surface area contributed by atoms with Gasteiger partial charge in [-0.1, -0.05) is 12.1 Å². The van der Waals surface area contributed by atoms with Gasteiger partial charge in [0.15, 0.2) is 0 Å². The second-order valence-electron chi connectivity index (χ2n) is 3.22. The van der Waals surface area contributed by atoms with E-state index < -0.39 is 12.0 Å². The fraction of sp³-hybridized carbons (Fsp3) is 0.364. The van der Waals surface area contributed by atoms with E-state index in [-0.39, 0.29) is 12.2 Å². The van der Waals surface area contributed by atoms with Gasteiger partial charge in [0.25, 0.3) is 0 Å². The first-order chi connectivity index (χ1) is 7.51. The van der Waals surface area contributed by atoms with Gasteiger partial charge in [0.05, 0.1) is 0 Å². The Labute approximate surface area is 94.5 Å². The molecular weight excluding hydrogens is 210 g/mol. The quantitative estimate of drug-likeness (QED) is 0.703. The summed E-state index contributed by atoms with van der Waals surface area (Å²) in [7, 11) is 3.25. The first kappa shape index (κ1) is 14.4. The summed E-state index contributed by atoms with van der Waals surface area (Å²) >= 11 is 0. The number of nitrogens with two attached hydrogens (primary N) is 1. The molecule has 0 aliphatic heterocycles. The lowest BCUT2D eigenvalue weighted by molar-refractivity contribution is -0.138. The van der Waals surface area contributed by atoms with Crippen molar-refractivity contribution in [3.8, 4) is 5.75 Å². The van der Waals surface area contributed by atoms with Crippen molar-refractivity contribution in [2.45, 2.75) is 12.5 Å². The van der Waals surface area contributed by atoms with Crippen LogP contribution in [-0.4, -0.2) is 36.4 Å². The predicted octanol–water partition coefficient (Wildman–Crippen LogP) is 0.609. The summed E-state index contributed by atoms with van der Waals surface area (Å²) in [6.45, 7) is 0. The van der Waals surface area contributed by atoms with Crippen molar-refractivity contribution in [2.24, 2.45) is 5.73 Å². The number of aromatic hydroxyl groups is 1. The molecule has 0 unspecified atom stereocenters. The zero-order chi connectivity index (χ0) is 12.6. The smallest absolute Gasteiger partial charge is 0.320 e. The highest BCUT2D eigenvalue weighted by Gasteiger charge is 2.11. The number of phenolic OH excluding ortho intramolecular Hbond substituents is 1. The van der Waals surface area contributed by atoms with Crippen LogP contribution < -0.4 is 5.73 Å². The van der Waals surface area contributed by atoms with Gasteiger partial charge in [-0.3, -0.25) is 4.79 Å². The number of benzene rings is 1. The maximum absolute atomic E-state index is 10.4. The lowest BCUT2D eigenvalue weighted by atomic mass is 10.1. The molecule has 0 saturated carbocycles. The van der Waals surface area contributed by atoms with Crippen molar-refractivity contribution in [1.82, 2.24) is 0 Å². The van der Waals surface area contributed by atoms with E-state index in [1.54, 1.807) is 26.4 Å². The molecule has 1 aromatic carbocycles. The average Bonchev–Trinajstić information content (AvgIpc) is 2.22. The van der Waals surface area contributed by atoms with Crippen molar-refractivity contribution in [1.29, 1.82) is 0 Å². The molecule has 0 radical (unpaired) electrons. The Balaban J connectivity index is 0.000000673. The molecule has 16 heavy (non-hydrogen) atoms. The van der Waals surface area contributed by atoms with Crippen LogP contribution in [0.4, 0.5) is 0 Å². The number of hydrogen-bond acceptors (Lipinski definition) is 4. The van der Waals surface area contributed by atoms with Gasteiger partial charge in [0, 0.05) is 14.2 Å². The summed E-state index contributed by atoms with van der Waals surface area (Å²) < 4.78 is 4.25. The molecule has 90 valence electrons. The fourth-order valence-electron chi connectivity index (χ4n) is 0.973. The molecule has 5 nitrogen and oxygen atoms in total. The zero-order valence-corrected chi connectivity index (χ0v) is 9.38. The molecule has 0 aliphatic carbocycles. The van der Waals surface area contributed by atoms with E-state index in [1.807, 2.05) is 0 Å². The molecule has 0 bridgehead atoms. The van der Waals surface area contributed by atoms with Gasteiger partial charge in [0.2, 0.25) is 0 Å². The Hall–Kier alpha value is -1.59. The molecule has 5 heteroatoms. The van der Waals surface area contributed by atoms with Gasteiger partial charge in [-0.05, 0) is 24.1 Å². The summed E-state index contributed by atoms with van der Waals surface area (Å²) in [5.41, 5.74) is 6.12. The van der Waals surface area contributed by atoms with Gasteiger partial charge >= 0.3 is 5.97 Å². The number of rotatable bonds is 3. The minimum absolute atomic E-state index is 0.160. The van der Waals surface area contributed by atoms with Crippen LogP contribution in [0.2, 0.25) is 0 Å². The van der Waals surface area contributed by atoms with E-state index in [0.29, 0.717) is 0 Å². The molecule has 0 fully saturated rings. The molecule has 0 heterocycles. The molecule has 0 amide bonds. The van der Waals surface area contributed by atoms with Crippen molar-refractivity contribution in [2.75, 3.05) is 14.2 Å². The summed E-state index contributed by atoms with van der Waals surface area (Å²) in [4.78, 5) is 10.4. The normalized spacial score (nSPS) is 11.2. The Morgan fingerprint density at radius 3 is 2.19 bits per heavy atom. The number of phenols is 1. The van der Waals surface area contributed by atoms with Crippen molar-refractivity contribution in [3.05, 3.63) is 29.8 Å². The second kappa shape index (κ2) is 7.67. The average molecular weight is 227 g/mol. The summed E-state index contributed by atoms with van der Waals surface area (Å²) in [6.07, 6.45) is 0.273. The predicted molar refractivity (Wildman–Crippen MR) is 60.4 cm³/mol. The topological polar surface area (TPSA) is 92.8 Å². The Kier molecular flexibility index (Phi) is 6.91. The lowest BCUT2D eigenvalue weighted by Crippen LogP contribution is -2.32. The maximum Gasteiger partial charge on any atom is 0.320 e. The number of aliphatic carboxylic acids is 1. The van der Waals surface area contributed by atoms with Crippen LogP contribution >= 0.6 is 0 Å². The molecule has 1 atom stereocenters. The number of carbonyl (C=O) groups is 1. The first-order valence-corrected chi connectivity index (χ1v) is 4.67. The minimum atomic E-state index is -1.02. The van der Waals surface area contributed by atoms with Gasteiger partial charge in [-0.25, -0.2) is 0 Å². The Bertz CT molecular complexity index is 310. The number of methoxy groups -OCH3 is 1. The van der Waals surface area contributed by atoms with E-state index >= 15 is 0 Å². The van der Waals surface area contributed by atoms with Gasteiger partial charge < -0.3 is 20.7 Å². The molecule has 4 N–H and O–H groups in total. The number of carboxylic acid groups (broad SMARTS) is 1. The monoisotopic (exact) mass is 227 g/mol. The molecule has 1 rings (SSSR count). The molecular formula is C11H17NO4. The highest BCUT2D eigenvalue weighted by Crippen LogP contribution is 2.10. The van der Waals surface area contributed by atoms with Gasteiger partial charge in [0.1, 0.15) is 11.8 Å². The summed E-state index contributed by atoms with van der Waals surface area (Å²) in [5.74, 6) is -0.860. The van der Waals surface area contributed by atoms with E-state index in [4.69, 9.17) is 15.9 Å². The molecule has 0 spiro atoms. The van der Waals surface area contributed by atoms with Gasteiger partial charge in [-0.15, -0.1) is 0 Å². The molecule has 0 aliphatic rings. The third kappa shape index (κ3) is 6.00. The fourth-order valence-corrected chi connectivity index (χ4v) is 0.973. The van der Waals surface area contributed by atoms with Gasteiger partial charge in [-0.2, -0.15) is 0 Å². The number of hydrogen-bond donors (Lipinski definition) is 3. The van der Waals surface area contributed by atoms with Crippen LogP contribution in [0.5, 0.6) is 5.75 Å². The van der Waals surface area contributed by atoms with E-state index in [1.165, 1.54) is 12.1 Å². The minimum Gasteiger partial charge on any atom is -0.508 e. The van der Waals surface area contributed by atoms with Crippen LogP contribution in [0.15, 0.2) is 24.3 Å². The zero-order valence-electron chi connectivity index (χ0n) is 9.38. The molecule has 0 saturated heterocycles. The number of carboxylic acids is 1. The lowest BCUT2D eigenvalue weighted by Gasteiger charge is -2.05. The standard InChI is InChI=1S/C9H11NO3.C2H6O/c10-8(9(12)13)5-6-1-3-7(11)4-2-6;1-3-2/h1-4,8,11H,5,10H2,(H,12,13);1-2H3/t8-;/m0./s1. The number of ether oxygens (including phenoxy) is 1. The van der Waals surface area contributed by atoms with Crippen molar-refractivity contribution in [3.63, 3.8) is 0 Å². The van der Waals surface area contributed by atoms with Crippen molar-refractivity contribution < 1.29 is 19.7 Å².